The first-order valence-corrected chi connectivity index (χ1v) is 34.4. The summed E-state index contributed by atoms with van der Waals surface area (Å²) in [6.07, 6.45) is 6.37. The molecule has 1 amide bonds. The first-order chi connectivity index (χ1) is 47.4. The van der Waals surface area contributed by atoms with Gasteiger partial charge < -0.3 is 60.5 Å². The van der Waals surface area contributed by atoms with E-state index in [-0.39, 0.29) is 36.1 Å². The average Bonchev–Trinajstić information content (AvgIpc) is 1.57. The number of nitrogen functional groups attached to an aromatic ring is 2. The Bertz CT molecular complexity index is 4940. The largest absolute Gasteiger partial charge is 0.459 e. The van der Waals surface area contributed by atoms with Gasteiger partial charge in [-0.05, 0) is 117 Å². The van der Waals surface area contributed by atoms with Crippen LogP contribution in [-0.4, -0.2) is 81.5 Å². The van der Waals surface area contributed by atoms with Crippen molar-refractivity contribution in [3.05, 3.63) is 223 Å². The van der Waals surface area contributed by atoms with Gasteiger partial charge in [0.25, 0.3) is 0 Å². The van der Waals surface area contributed by atoms with E-state index >= 15 is 0 Å². The molecule has 0 aliphatic heterocycles. The molecule has 0 atom stereocenters. The van der Waals surface area contributed by atoms with Crippen molar-refractivity contribution < 1.29 is 32.9 Å². The highest BCUT2D eigenvalue weighted by atomic mass is 32.1. The van der Waals surface area contributed by atoms with Crippen LogP contribution in [0.2, 0.25) is 0 Å². The van der Waals surface area contributed by atoms with Crippen LogP contribution in [0.5, 0.6) is 12.0 Å². The molecule has 98 heavy (non-hydrogen) atoms. The first kappa shape index (κ1) is 67.2. The molecule has 14 rings (SSSR count). The van der Waals surface area contributed by atoms with E-state index in [1.54, 1.807) is 69.9 Å². The number of rotatable bonds is 20. The van der Waals surface area contributed by atoms with E-state index in [1.165, 1.54) is 41.8 Å². The molecule has 0 radical (unpaired) electrons. The minimum Gasteiger partial charge on any atom is -0.459 e. The highest BCUT2D eigenvalue weighted by Gasteiger charge is 2.41. The van der Waals surface area contributed by atoms with Crippen LogP contribution in [0.4, 0.5) is 26.4 Å². The molecule has 0 spiro atoms. The molecule has 8 aromatic heterocycles. The number of nitrogens with two attached hydrogens (primary N) is 3. The molecule has 2 aliphatic rings. The number of thiophene rings is 4. The van der Waals surface area contributed by atoms with Crippen LogP contribution < -0.4 is 41.8 Å². The molecule has 4 aromatic carbocycles. The van der Waals surface area contributed by atoms with Gasteiger partial charge in [-0.1, -0.05) is 100 Å². The second kappa shape index (κ2) is 29.3. The van der Waals surface area contributed by atoms with Gasteiger partial charge in [-0.2, -0.15) is 15.2 Å². The smallest absolute Gasteiger partial charge is 0.407 e. The summed E-state index contributed by atoms with van der Waals surface area (Å²) < 4.78 is 28.1. The summed E-state index contributed by atoms with van der Waals surface area (Å²) in [5.74, 6) is 1.42. The van der Waals surface area contributed by atoms with Crippen molar-refractivity contribution in [3.8, 4) is 37.6 Å². The third-order valence-electron chi connectivity index (χ3n) is 16.5. The fourth-order valence-electron chi connectivity index (χ4n) is 11.0. The third kappa shape index (κ3) is 14.9. The lowest BCUT2D eigenvalue weighted by molar-refractivity contribution is 0.148. The van der Waals surface area contributed by atoms with E-state index in [0.29, 0.717) is 85.2 Å². The van der Waals surface area contributed by atoms with Crippen molar-refractivity contribution in [1.29, 1.82) is 5.26 Å². The number of aromatic nitrogens is 6. The number of aliphatic hydroxyl groups excluding tert-OH is 1. The lowest BCUT2D eigenvalue weighted by Gasteiger charge is -2.20. The predicted octanol–water partition coefficient (Wildman–Crippen LogP) is 14.8. The molecule has 25 heteroatoms. The standard InChI is InChI=1S/C37H33N7O4S2.C24H21N3O2S2.C12H14N4O/c1-37(2)26-17-25(16-24(19-38)34-42-28-6-4-5-7-29(28)48-34)49-32(26)33-27(37)18-31(50-33)44(3)14-15-46-36(45)41-20-22-8-10-23(11-9-22)21-47-35-40-13-12-30(39)43-35;1-24(2)15-11-14(12-18(25-3)23-26-17-7-5-6-8-19(17)29-23)30-21(15)22-16(24)13-20(31-22)27(4)9-10-28;13-7-9-1-3-10(4-2-9)8-17-12-15-6-5-11(14)16-12/h4-13,16-18H,14-15,20-21H2,1-3H3,(H,41,45)(H2,39,40,43);5-8,11-13,28H,9-10H2,1-2,4H3;1-6H,7-8,13H2,(H2,14,15,16)/b24-16-;18-12-;. The Labute approximate surface area is 581 Å². The SMILES string of the molecule is CN(CCOC(=O)NCc1ccc(COc2nccc(N)n2)cc1)c1cc2c(s1)-c1sc(/C=C(/C#N)c3nc4ccccc4o3)cc1C2(C)C.NCc1ccc(COc2nccc(N)n2)cc1.[C-]#[N+]/C(=C\c1cc2c(s1)-c1sc(N(C)CCO)cc1C2(C)C)c1nc2ccccc2o1. The number of amides is 1. The van der Waals surface area contributed by atoms with E-state index in [9.17, 15) is 15.2 Å². The van der Waals surface area contributed by atoms with Crippen molar-refractivity contribution in [2.24, 2.45) is 5.73 Å². The van der Waals surface area contributed by atoms with Gasteiger partial charge >= 0.3 is 18.1 Å². The van der Waals surface area contributed by atoms with Crippen LogP contribution in [0.1, 0.15) is 93.7 Å². The van der Waals surface area contributed by atoms with Crippen LogP contribution in [-0.2, 0) is 41.9 Å². The van der Waals surface area contributed by atoms with Gasteiger partial charge in [0.05, 0.1) is 39.5 Å². The maximum absolute atomic E-state index is 12.4. The number of benzene rings is 4. The summed E-state index contributed by atoms with van der Waals surface area (Å²) in [7, 11) is 4.01. The second-order valence-electron chi connectivity index (χ2n) is 24.0. The number of carbonyl (C=O) groups is 1. The van der Waals surface area contributed by atoms with Crippen molar-refractivity contribution in [1.82, 2.24) is 35.2 Å². The van der Waals surface area contributed by atoms with Crippen LogP contribution in [0, 0.1) is 17.9 Å². The monoisotopic (exact) mass is 1380 g/mol. The van der Waals surface area contributed by atoms with Gasteiger partial charge in [0.15, 0.2) is 11.2 Å². The fraction of sp³-hybridized carbons (Fsp3) is 0.219. The molecule has 8 heterocycles. The number of nitrogens with zero attached hydrogens (tertiary/aromatic N) is 10. The van der Waals surface area contributed by atoms with Crippen molar-refractivity contribution in [2.45, 2.75) is 64.8 Å². The molecule has 2 aliphatic carbocycles. The summed E-state index contributed by atoms with van der Waals surface area (Å²) in [5.41, 5.74) is 29.2. The van der Waals surface area contributed by atoms with Crippen molar-refractivity contribution in [2.75, 3.05) is 61.7 Å². The van der Waals surface area contributed by atoms with Gasteiger partial charge in [-0.3, -0.25) is 0 Å². The van der Waals surface area contributed by atoms with E-state index in [2.05, 4.69) is 108 Å². The van der Waals surface area contributed by atoms with Crippen LogP contribution in [0.3, 0.4) is 0 Å². The van der Waals surface area contributed by atoms with Gasteiger partial charge in [0.1, 0.15) is 54.1 Å². The number of oxazole rings is 2. The number of ether oxygens (including phenoxy) is 3. The molecule has 0 saturated heterocycles. The molecular formula is C73H68N14O7S4. The summed E-state index contributed by atoms with van der Waals surface area (Å²) in [5, 5.41) is 24.3. The zero-order chi connectivity index (χ0) is 68.7. The van der Waals surface area contributed by atoms with E-state index in [4.69, 9.17) is 46.8 Å². The number of likely N-dealkylation sites (N-methyl/N-ethyl adjacent to an activating group) is 2. The highest BCUT2D eigenvalue weighted by Crippen LogP contribution is 2.59. The highest BCUT2D eigenvalue weighted by molar-refractivity contribution is 7.25. The zero-order valence-corrected chi connectivity index (χ0v) is 57.7. The number of anilines is 4. The number of hydrogen-bond acceptors (Lipinski definition) is 23. The summed E-state index contributed by atoms with van der Waals surface area (Å²) in [4.78, 5) is 52.3. The molecule has 0 saturated carbocycles. The van der Waals surface area contributed by atoms with Gasteiger partial charge in [-0.15, -0.1) is 45.3 Å². The lowest BCUT2D eigenvalue weighted by Crippen LogP contribution is -2.28. The quantitative estimate of drug-likeness (QED) is 0.0350. The Morgan fingerprint density at radius 2 is 1.11 bits per heavy atom. The average molecular weight is 1380 g/mol. The fourth-order valence-corrected chi connectivity index (χ4v) is 16.4. The number of nitriles is 1. The van der Waals surface area contributed by atoms with Gasteiger partial charge in [0, 0.05) is 76.5 Å². The molecule has 8 N–H and O–H groups in total. The molecule has 21 nitrogen and oxygen atoms in total. The predicted molar refractivity (Wildman–Crippen MR) is 390 cm³/mol. The molecule has 0 bridgehead atoms. The Balaban J connectivity index is 0.000000160. The minimum atomic E-state index is -0.474. The molecule has 12 aromatic rings. The van der Waals surface area contributed by atoms with Crippen LogP contribution in [0.25, 0.3) is 70.0 Å². The maximum Gasteiger partial charge on any atom is 0.407 e. The third-order valence-corrected chi connectivity index (χ3v) is 21.5. The maximum atomic E-state index is 12.4. The lowest BCUT2D eigenvalue weighted by atomic mass is 9.84. The number of aliphatic hydroxyl groups is 1. The topological polar surface area (TPSA) is 293 Å². The summed E-state index contributed by atoms with van der Waals surface area (Å²) in [6.45, 7) is 19.7. The Morgan fingerprint density at radius 3 is 1.61 bits per heavy atom. The molecule has 0 fully saturated rings. The number of alkyl carbamates (subject to hydrolysis) is 1. The van der Waals surface area contributed by atoms with Gasteiger partial charge in [0.2, 0.25) is 17.5 Å². The molecular weight excluding hydrogens is 1310 g/mol. The normalized spacial score (nSPS) is 13.0. The summed E-state index contributed by atoms with van der Waals surface area (Å²) >= 11 is 6.86. The van der Waals surface area contributed by atoms with Gasteiger partial charge in [-0.25, -0.2) is 29.6 Å². The molecule has 496 valence electrons. The first-order valence-electron chi connectivity index (χ1n) is 31.1. The zero-order valence-electron chi connectivity index (χ0n) is 54.4. The number of fused-ring (bicyclic) bond motifs is 8. The van der Waals surface area contributed by atoms with Crippen LogP contribution in [0.15, 0.2) is 155 Å². The number of allylic oxidation sites excluding steroid dienone is 1. The number of carbonyl (C=O) groups excluding carboxylic acids is 1. The molecule has 0 unspecified atom stereocenters. The van der Waals surface area contributed by atoms with Crippen molar-refractivity contribution in [3.63, 3.8) is 0 Å². The van der Waals surface area contributed by atoms with Crippen molar-refractivity contribution >= 4 is 119 Å². The van der Waals surface area contributed by atoms with Crippen LogP contribution >= 0.6 is 45.3 Å². The minimum absolute atomic E-state index is 0.0993. The van der Waals surface area contributed by atoms with E-state index in [1.807, 2.05) is 123 Å². The Hall–Kier alpha value is -10.8. The van der Waals surface area contributed by atoms with E-state index in [0.717, 1.165) is 53.0 Å². The summed E-state index contributed by atoms with van der Waals surface area (Å²) in [6, 6.07) is 45.4. The second-order valence-corrected chi connectivity index (χ2v) is 28.2. The number of nitrogens with one attached hydrogen (secondary N) is 1. The Morgan fingerprint density at radius 1 is 0.643 bits per heavy atom. The number of hydrogen-bond donors (Lipinski definition) is 5. The van der Waals surface area contributed by atoms with E-state index < -0.39 is 6.09 Å². The Kier molecular flexibility index (Phi) is 20.1. The number of para-hydroxylation sites is 4.